The van der Waals surface area contributed by atoms with E-state index in [4.69, 9.17) is 0 Å². The Morgan fingerprint density at radius 2 is 2.07 bits per heavy atom. The summed E-state index contributed by atoms with van der Waals surface area (Å²) in [5.74, 6) is -1.45. The van der Waals surface area contributed by atoms with Crippen molar-refractivity contribution in [2.45, 2.75) is 24.0 Å². The van der Waals surface area contributed by atoms with Gasteiger partial charge in [0.25, 0.3) is 11.2 Å². The fourth-order valence-electron chi connectivity index (χ4n) is 2.92. The molecule has 0 aliphatic heterocycles. The molecule has 1 amide bonds. The third kappa shape index (κ3) is 3.97. The predicted octanol–water partition coefficient (Wildman–Crippen LogP) is 3.51. The highest BCUT2D eigenvalue weighted by molar-refractivity contribution is 7.99. The molecule has 0 atom stereocenters. The minimum atomic E-state index is -0.771. The number of carbonyl (C=O) groups excluding carboxylic acids is 1. The molecule has 4 rings (SSSR count). The molecule has 0 spiro atoms. The molecule has 1 fully saturated rings. The maximum Gasteiger partial charge on any atom is 0.271 e. The number of fused-ring (bicyclic) bond motifs is 1. The topological polar surface area (TPSA) is 107 Å². The molecular formula is C19H15FN4O4S. The van der Waals surface area contributed by atoms with E-state index in [0.29, 0.717) is 16.1 Å². The van der Waals surface area contributed by atoms with E-state index in [1.165, 1.54) is 0 Å². The second-order valence-electron chi connectivity index (χ2n) is 6.58. The summed E-state index contributed by atoms with van der Waals surface area (Å²) in [6, 6.07) is 9.99. The Kier molecular flexibility index (Phi) is 5.01. The second-order valence-corrected chi connectivity index (χ2v) is 7.52. The molecule has 148 valence electrons. The molecule has 0 bridgehead atoms. The van der Waals surface area contributed by atoms with Crippen LogP contribution in [0, 0.1) is 15.9 Å². The maximum atomic E-state index is 13.9. The average Bonchev–Trinajstić information content (AvgIpc) is 3.53. The van der Waals surface area contributed by atoms with Crippen LogP contribution in [0.3, 0.4) is 0 Å². The van der Waals surface area contributed by atoms with Crippen LogP contribution in [0.1, 0.15) is 18.9 Å². The predicted molar refractivity (Wildman–Crippen MR) is 107 cm³/mol. The van der Waals surface area contributed by atoms with Crippen LogP contribution in [0.15, 0.2) is 52.4 Å². The van der Waals surface area contributed by atoms with Crippen molar-refractivity contribution in [1.29, 1.82) is 0 Å². The van der Waals surface area contributed by atoms with Crippen molar-refractivity contribution in [3.8, 4) is 0 Å². The molecule has 0 radical (unpaired) electrons. The summed E-state index contributed by atoms with van der Waals surface area (Å²) in [7, 11) is 0. The van der Waals surface area contributed by atoms with Gasteiger partial charge in [-0.1, -0.05) is 23.9 Å². The molecule has 3 aromatic rings. The van der Waals surface area contributed by atoms with Gasteiger partial charge in [-0.3, -0.25) is 24.3 Å². The Balaban J connectivity index is 1.55. The highest BCUT2D eigenvalue weighted by Gasteiger charge is 2.28. The first-order chi connectivity index (χ1) is 13.9. The van der Waals surface area contributed by atoms with Gasteiger partial charge in [0.15, 0.2) is 5.16 Å². The number of anilines is 1. The number of halogens is 1. The molecule has 1 saturated carbocycles. The van der Waals surface area contributed by atoms with Gasteiger partial charge < -0.3 is 5.32 Å². The van der Waals surface area contributed by atoms with Crippen molar-refractivity contribution in [1.82, 2.24) is 9.55 Å². The summed E-state index contributed by atoms with van der Waals surface area (Å²) in [5.41, 5.74) is -0.197. The zero-order valence-corrected chi connectivity index (χ0v) is 15.8. The number of nitro benzene ring substituents is 1. The smallest absolute Gasteiger partial charge is 0.271 e. The monoisotopic (exact) mass is 414 g/mol. The molecule has 8 nitrogen and oxygen atoms in total. The van der Waals surface area contributed by atoms with Gasteiger partial charge in [0.2, 0.25) is 5.91 Å². The Labute approximate surface area is 167 Å². The standard InChI is InChI=1S/C19H15FN4O4S/c20-14-8-7-12(24(27)28)9-16(14)21-17(25)10-29-19-22-15-4-2-1-3-13(15)18(26)23(19)11-5-6-11/h1-4,7-9,11H,5-6,10H2,(H,21,25). The number of aromatic nitrogens is 2. The highest BCUT2D eigenvalue weighted by atomic mass is 32.2. The molecule has 2 aromatic carbocycles. The van der Waals surface area contributed by atoms with Crippen LogP contribution in [-0.4, -0.2) is 26.1 Å². The summed E-state index contributed by atoms with van der Waals surface area (Å²) in [4.78, 5) is 39.8. The van der Waals surface area contributed by atoms with Crippen LogP contribution < -0.4 is 10.9 Å². The van der Waals surface area contributed by atoms with E-state index < -0.39 is 16.6 Å². The minimum absolute atomic E-state index is 0.0689. The number of nitrogens with one attached hydrogen (secondary N) is 1. The average molecular weight is 414 g/mol. The van der Waals surface area contributed by atoms with Crippen molar-refractivity contribution in [3.63, 3.8) is 0 Å². The van der Waals surface area contributed by atoms with Gasteiger partial charge in [-0.25, -0.2) is 9.37 Å². The lowest BCUT2D eigenvalue weighted by Crippen LogP contribution is -2.23. The fourth-order valence-corrected chi connectivity index (χ4v) is 3.79. The van der Waals surface area contributed by atoms with Gasteiger partial charge in [-0.05, 0) is 31.0 Å². The van der Waals surface area contributed by atoms with Crippen LogP contribution in [0.4, 0.5) is 15.8 Å². The van der Waals surface area contributed by atoms with E-state index in [1.54, 1.807) is 28.8 Å². The summed E-state index contributed by atoms with van der Waals surface area (Å²) < 4.78 is 15.5. The molecule has 1 heterocycles. The molecule has 0 unspecified atom stereocenters. The van der Waals surface area contributed by atoms with Crippen LogP contribution >= 0.6 is 11.8 Å². The van der Waals surface area contributed by atoms with E-state index in [2.05, 4.69) is 10.3 Å². The first-order valence-corrected chi connectivity index (χ1v) is 9.80. The highest BCUT2D eigenvalue weighted by Crippen LogP contribution is 2.36. The Hall–Kier alpha value is -3.27. The van der Waals surface area contributed by atoms with Gasteiger partial charge in [0, 0.05) is 18.2 Å². The lowest BCUT2D eigenvalue weighted by molar-refractivity contribution is -0.384. The summed E-state index contributed by atoms with van der Waals surface area (Å²) in [6.45, 7) is 0. The van der Waals surface area contributed by atoms with Crippen LogP contribution in [0.25, 0.3) is 10.9 Å². The second kappa shape index (κ2) is 7.63. The first-order valence-electron chi connectivity index (χ1n) is 8.82. The number of rotatable bonds is 6. The SMILES string of the molecule is O=C(CSc1nc2ccccc2c(=O)n1C1CC1)Nc1cc([N+](=O)[O-])ccc1F. The van der Waals surface area contributed by atoms with Crippen LogP contribution in [0.5, 0.6) is 0 Å². The van der Waals surface area contributed by atoms with Gasteiger partial charge in [0.1, 0.15) is 5.82 Å². The Morgan fingerprint density at radius 3 is 2.79 bits per heavy atom. The number of nitro groups is 1. The minimum Gasteiger partial charge on any atom is -0.323 e. The number of para-hydroxylation sites is 1. The summed E-state index contributed by atoms with van der Waals surface area (Å²) in [5, 5.41) is 14.1. The van der Waals surface area contributed by atoms with E-state index in [-0.39, 0.29) is 28.7 Å². The number of amides is 1. The normalized spacial score (nSPS) is 13.4. The fraction of sp³-hybridized carbons (Fsp3) is 0.211. The number of benzene rings is 2. The zero-order chi connectivity index (χ0) is 20.5. The third-order valence-electron chi connectivity index (χ3n) is 4.45. The first kappa shape index (κ1) is 19.1. The number of non-ortho nitro benzene ring substituents is 1. The third-order valence-corrected chi connectivity index (χ3v) is 5.41. The molecular weight excluding hydrogens is 399 g/mol. The van der Waals surface area contributed by atoms with E-state index in [9.17, 15) is 24.1 Å². The molecule has 1 aliphatic rings. The van der Waals surface area contributed by atoms with E-state index in [0.717, 1.165) is 42.8 Å². The largest absolute Gasteiger partial charge is 0.323 e. The van der Waals surface area contributed by atoms with Gasteiger partial charge >= 0.3 is 0 Å². The zero-order valence-electron chi connectivity index (χ0n) is 15.0. The van der Waals surface area contributed by atoms with E-state index in [1.807, 2.05) is 0 Å². The number of nitrogens with zero attached hydrogens (tertiary/aromatic N) is 3. The van der Waals surface area contributed by atoms with Gasteiger partial charge in [0.05, 0.1) is 27.3 Å². The number of hydrogen-bond acceptors (Lipinski definition) is 6. The molecule has 1 N–H and O–H groups in total. The number of thioether (sulfide) groups is 1. The van der Waals surface area contributed by atoms with Crippen LogP contribution in [0.2, 0.25) is 0 Å². The maximum absolute atomic E-state index is 13.9. The van der Waals surface area contributed by atoms with Crippen LogP contribution in [-0.2, 0) is 4.79 Å². The number of hydrogen-bond donors (Lipinski definition) is 1. The molecule has 1 aliphatic carbocycles. The number of carbonyl (C=O) groups is 1. The van der Waals surface area contributed by atoms with Crippen molar-refractivity contribution < 1.29 is 14.1 Å². The van der Waals surface area contributed by atoms with Gasteiger partial charge in [-0.2, -0.15) is 0 Å². The summed E-state index contributed by atoms with van der Waals surface area (Å²) in [6.07, 6.45) is 1.75. The van der Waals surface area contributed by atoms with Crippen molar-refractivity contribution >= 4 is 39.9 Å². The summed E-state index contributed by atoms with van der Waals surface area (Å²) >= 11 is 1.07. The quantitative estimate of drug-likeness (QED) is 0.286. The van der Waals surface area contributed by atoms with Crippen molar-refractivity contribution in [2.24, 2.45) is 0 Å². The van der Waals surface area contributed by atoms with E-state index >= 15 is 0 Å². The van der Waals surface area contributed by atoms with Crippen molar-refractivity contribution in [3.05, 3.63) is 68.7 Å². The Morgan fingerprint density at radius 1 is 1.31 bits per heavy atom. The van der Waals surface area contributed by atoms with Gasteiger partial charge in [-0.15, -0.1) is 0 Å². The Bertz CT molecular complexity index is 1190. The lowest BCUT2D eigenvalue weighted by atomic mass is 10.2. The van der Waals surface area contributed by atoms with Crippen molar-refractivity contribution in [2.75, 3.05) is 11.1 Å². The molecule has 10 heteroatoms. The lowest BCUT2D eigenvalue weighted by Gasteiger charge is -2.12. The molecule has 1 aromatic heterocycles. The molecule has 0 saturated heterocycles. The molecule has 29 heavy (non-hydrogen) atoms.